The number of benzene rings is 1. The summed E-state index contributed by atoms with van der Waals surface area (Å²) in [7, 11) is -1.17. The first-order chi connectivity index (χ1) is 6.65. The molecule has 0 aliphatic carbocycles. The van der Waals surface area contributed by atoms with Gasteiger partial charge < -0.3 is 5.48 Å². The van der Waals surface area contributed by atoms with E-state index in [1.165, 1.54) is 5.56 Å². The number of nitriles is 1. The number of rotatable bonds is 3. The Morgan fingerprint density at radius 1 is 1.33 bits per heavy atom. The molecular formula is C11H15NO2S. The van der Waals surface area contributed by atoms with E-state index in [1.807, 2.05) is 30.3 Å². The molecule has 82 valence electrons. The van der Waals surface area contributed by atoms with Crippen molar-refractivity contribution in [3.63, 3.8) is 0 Å². The lowest BCUT2D eigenvalue weighted by atomic mass is 10.0. The van der Waals surface area contributed by atoms with Crippen LogP contribution < -0.4 is 0 Å². The van der Waals surface area contributed by atoms with E-state index < -0.39 is 10.8 Å². The summed E-state index contributed by atoms with van der Waals surface area (Å²) in [4.78, 5) is 0.732. The molecule has 0 aromatic heterocycles. The number of nitrogens with zero attached hydrogens (tertiary/aromatic N) is 1. The summed E-state index contributed by atoms with van der Waals surface area (Å²) in [6.45, 7) is 4.22. The van der Waals surface area contributed by atoms with E-state index in [9.17, 15) is 4.21 Å². The van der Waals surface area contributed by atoms with Gasteiger partial charge in [-0.1, -0.05) is 26.0 Å². The van der Waals surface area contributed by atoms with E-state index in [0.717, 1.165) is 4.90 Å². The summed E-state index contributed by atoms with van der Waals surface area (Å²) in [5, 5.41) is 8.40. The summed E-state index contributed by atoms with van der Waals surface area (Å²) in [5.74, 6) is 0.551. The van der Waals surface area contributed by atoms with E-state index in [-0.39, 0.29) is 11.2 Å². The Balaban J connectivity index is 0.00000196. The molecule has 2 N–H and O–H groups in total. The van der Waals surface area contributed by atoms with Crippen LogP contribution in [0.4, 0.5) is 0 Å². The molecule has 0 aliphatic rings. The first-order valence-electron chi connectivity index (χ1n) is 4.50. The van der Waals surface area contributed by atoms with Gasteiger partial charge in [0.05, 0.1) is 16.9 Å². The van der Waals surface area contributed by atoms with Crippen molar-refractivity contribution in [2.75, 3.05) is 5.75 Å². The molecular weight excluding hydrogens is 210 g/mol. The minimum atomic E-state index is -1.17. The van der Waals surface area contributed by atoms with Gasteiger partial charge in [0.25, 0.3) is 0 Å². The average molecular weight is 225 g/mol. The predicted octanol–water partition coefficient (Wildman–Crippen LogP) is 1.62. The van der Waals surface area contributed by atoms with Crippen LogP contribution in [0.25, 0.3) is 0 Å². The molecule has 0 amide bonds. The molecule has 1 aromatic rings. The second-order valence-corrected chi connectivity index (χ2v) is 4.82. The summed E-state index contributed by atoms with van der Waals surface area (Å²) >= 11 is 0. The van der Waals surface area contributed by atoms with E-state index in [4.69, 9.17) is 5.26 Å². The topological polar surface area (TPSA) is 72.4 Å². The van der Waals surface area contributed by atoms with Crippen molar-refractivity contribution in [3.8, 4) is 6.07 Å². The third-order valence-electron chi connectivity index (χ3n) is 2.01. The maximum absolute atomic E-state index is 11.4. The summed E-state index contributed by atoms with van der Waals surface area (Å²) in [6, 6.07) is 9.51. The van der Waals surface area contributed by atoms with Crippen LogP contribution in [0.15, 0.2) is 29.2 Å². The SMILES string of the molecule is CC(C)c1ccc(S(=O)CC#N)cc1.O. The molecule has 1 rings (SSSR count). The van der Waals surface area contributed by atoms with Gasteiger partial charge in [0.15, 0.2) is 0 Å². The van der Waals surface area contributed by atoms with Crippen molar-refractivity contribution < 1.29 is 9.69 Å². The molecule has 0 saturated carbocycles. The van der Waals surface area contributed by atoms with E-state index in [0.29, 0.717) is 5.92 Å². The molecule has 1 atom stereocenters. The highest BCUT2D eigenvalue weighted by Gasteiger charge is 2.03. The fourth-order valence-corrected chi connectivity index (χ4v) is 1.87. The molecule has 4 heteroatoms. The lowest BCUT2D eigenvalue weighted by molar-refractivity contribution is 0.685. The van der Waals surface area contributed by atoms with Crippen LogP contribution in [0.5, 0.6) is 0 Å². The fourth-order valence-electron chi connectivity index (χ4n) is 1.15. The molecule has 0 aliphatic heterocycles. The summed E-state index contributed by atoms with van der Waals surface area (Å²) < 4.78 is 11.4. The van der Waals surface area contributed by atoms with Crippen molar-refractivity contribution >= 4 is 10.8 Å². The molecule has 0 bridgehead atoms. The molecule has 0 fully saturated rings. The van der Waals surface area contributed by atoms with Crippen molar-refractivity contribution in [1.82, 2.24) is 0 Å². The van der Waals surface area contributed by atoms with E-state index in [1.54, 1.807) is 0 Å². The maximum Gasteiger partial charge on any atom is 0.115 e. The molecule has 3 nitrogen and oxygen atoms in total. The van der Waals surface area contributed by atoms with E-state index in [2.05, 4.69) is 13.8 Å². The van der Waals surface area contributed by atoms with Crippen LogP contribution in [0, 0.1) is 11.3 Å². The summed E-state index contributed by atoms with van der Waals surface area (Å²) in [6.07, 6.45) is 0. The molecule has 0 saturated heterocycles. The first-order valence-corrected chi connectivity index (χ1v) is 5.82. The minimum absolute atomic E-state index is 0. The van der Waals surface area contributed by atoms with E-state index >= 15 is 0 Å². The predicted molar refractivity (Wildman–Crippen MR) is 61.0 cm³/mol. The monoisotopic (exact) mass is 225 g/mol. The second kappa shape index (κ2) is 6.33. The third kappa shape index (κ3) is 3.82. The van der Waals surface area contributed by atoms with Crippen LogP contribution in [-0.2, 0) is 10.8 Å². The van der Waals surface area contributed by atoms with Crippen molar-refractivity contribution in [3.05, 3.63) is 29.8 Å². The molecule has 0 heterocycles. The number of hydrogen-bond acceptors (Lipinski definition) is 2. The Labute approximate surface area is 92.5 Å². The Bertz CT molecular complexity index is 365. The zero-order valence-electron chi connectivity index (χ0n) is 8.86. The van der Waals surface area contributed by atoms with Crippen molar-refractivity contribution in [2.24, 2.45) is 0 Å². The zero-order chi connectivity index (χ0) is 10.6. The van der Waals surface area contributed by atoms with Crippen LogP contribution in [0.3, 0.4) is 0 Å². The quantitative estimate of drug-likeness (QED) is 0.784. The highest BCUT2D eigenvalue weighted by Crippen LogP contribution is 2.16. The van der Waals surface area contributed by atoms with Gasteiger partial charge in [0, 0.05) is 4.90 Å². The second-order valence-electron chi connectivity index (χ2n) is 3.37. The third-order valence-corrected chi connectivity index (χ3v) is 3.19. The highest BCUT2D eigenvalue weighted by atomic mass is 32.2. The average Bonchev–Trinajstić information content (AvgIpc) is 2.18. The van der Waals surface area contributed by atoms with Gasteiger partial charge in [-0.05, 0) is 23.6 Å². The summed E-state index contributed by atoms with van der Waals surface area (Å²) in [5.41, 5.74) is 1.22. The van der Waals surface area contributed by atoms with Gasteiger partial charge in [0.1, 0.15) is 5.75 Å². The van der Waals surface area contributed by atoms with Crippen LogP contribution in [0.1, 0.15) is 25.3 Å². The van der Waals surface area contributed by atoms with Crippen molar-refractivity contribution in [2.45, 2.75) is 24.7 Å². The molecule has 15 heavy (non-hydrogen) atoms. The van der Waals surface area contributed by atoms with Crippen LogP contribution >= 0.6 is 0 Å². The van der Waals surface area contributed by atoms with Gasteiger partial charge in [-0.3, -0.25) is 4.21 Å². The lowest BCUT2D eigenvalue weighted by Crippen LogP contribution is -1.96. The molecule has 1 unspecified atom stereocenters. The van der Waals surface area contributed by atoms with Crippen LogP contribution in [0.2, 0.25) is 0 Å². The Hall–Kier alpha value is -1.18. The highest BCUT2D eigenvalue weighted by molar-refractivity contribution is 7.85. The Kier molecular flexibility index (Phi) is 5.83. The minimum Gasteiger partial charge on any atom is -0.412 e. The standard InChI is InChI=1S/C11H13NOS.H2O/c1-9(2)10-3-5-11(6-4-10)14(13)8-7-12;/h3-6,9H,8H2,1-2H3;1H2. The molecule has 0 spiro atoms. The molecule has 0 radical (unpaired) electrons. The first kappa shape index (κ1) is 13.8. The maximum atomic E-state index is 11.4. The van der Waals surface area contributed by atoms with Crippen LogP contribution in [-0.4, -0.2) is 15.4 Å². The van der Waals surface area contributed by atoms with Gasteiger partial charge >= 0.3 is 0 Å². The lowest BCUT2D eigenvalue weighted by Gasteiger charge is -2.05. The Morgan fingerprint density at radius 3 is 2.27 bits per heavy atom. The van der Waals surface area contributed by atoms with Gasteiger partial charge in [-0.2, -0.15) is 5.26 Å². The zero-order valence-corrected chi connectivity index (χ0v) is 9.67. The van der Waals surface area contributed by atoms with Gasteiger partial charge in [-0.15, -0.1) is 0 Å². The largest absolute Gasteiger partial charge is 0.412 e. The van der Waals surface area contributed by atoms with Crippen molar-refractivity contribution in [1.29, 1.82) is 5.26 Å². The smallest absolute Gasteiger partial charge is 0.115 e. The number of hydrogen-bond donors (Lipinski definition) is 0. The van der Waals surface area contributed by atoms with Gasteiger partial charge in [-0.25, -0.2) is 0 Å². The Morgan fingerprint density at radius 2 is 1.87 bits per heavy atom. The van der Waals surface area contributed by atoms with Gasteiger partial charge in [0.2, 0.25) is 0 Å². The fraction of sp³-hybridized carbons (Fsp3) is 0.364. The molecule has 1 aromatic carbocycles. The normalized spacial score (nSPS) is 11.6.